The SMILES string of the molecule is C=CCn1c(=O)c2cnc(Nc3ccc(N4CC5(CCNCC5)C4)c(OC)c3)nc2n1-c1ccc(=O)n(C(C)C)n1. The van der Waals surface area contributed by atoms with Gasteiger partial charge < -0.3 is 20.3 Å². The molecule has 0 amide bonds. The maximum atomic E-state index is 13.3. The minimum Gasteiger partial charge on any atom is -0.495 e. The van der Waals surface area contributed by atoms with Gasteiger partial charge in [0.05, 0.1) is 25.4 Å². The van der Waals surface area contributed by atoms with Gasteiger partial charge in [0.2, 0.25) is 5.95 Å². The number of aromatic nitrogens is 6. The summed E-state index contributed by atoms with van der Waals surface area (Å²) in [5, 5.41) is 11.6. The Hall–Kier alpha value is -4.45. The van der Waals surface area contributed by atoms with Crippen LogP contribution in [-0.4, -0.2) is 62.4 Å². The van der Waals surface area contributed by atoms with Gasteiger partial charge in [0.1, 0.15) is 11.1 Å². The Kier molecular flexibility index (Phi) is 6.86. The summed E-state index contributed by atoms with van der Waals surface area (Å²) in [5.41, 5.74) is 2.10. The van der Waals surface area contributed by atoms with Crippen molar-refractivity contribution in [2.75, 3.05) is 43.5 Å². The Morgan fingerprint density at radius 3 is 2.66 bits per heavy atom. The van der Waals surface area contributed by atoms with E-state index in [0.29, 0.717) is 28.2 Å². The van der Waals surface area contributed by atoms with Crippen molar-refractivity contribution in [2.45, 2.75) is 39.3 Å². The lowest BCUT2D eigenvalue weighted by Crippen LogP contribution is -2.60. The van der Waals surface area contributed by atoms with Crippen LogP contribution < -0.4 is 31.4 Å². The number of nitrogens with zero attached hydrogens (tertiary/aromatic N) is 7. The van der Waals surface area contributed by atoms with Crippen LogP contribution in [0, 0.1) is 5.41 Å². The summed E-state index contributed by atoms with van der Waals surface area (Å²) in [6.45, 7) is 12.0. The molecule has 2 aliphatic heterocycles. The number of nitrogens with one attached hydrogen (secondary N) is 2. The number of rotatable bonds is 8. The highest BCUT2D eigenvalue weighted by atomic mass is 16.5. The van der Waals surface area contributed by atoms with E-state index in [0.717, 1.165) is 43.3 Å². The molecule has 2 saturated heterocycles. The number of ether oxygens (including phenoxy) is 1. The van der Waals surface area contributed by atoms with Crippen LogP contribution in [0.4, 0.5) is 17.3 Å². The molecule has 2 aliphatic rings. The number of fused-ring (bicyclic) bond motifs is 1. The van der Waals surface area contributed by atoms with E-state index in [2.05, 4.69) is 38.3 Å². The van der Waals surface area contributed by atoms with Crippen LogP contribution in [0.2, 0.25) is 0 Å². The minimum atomic E-state index is -0.275. The number of allylic oxidation sites excluding steroid dienone is 1. The van der Waals surface area contributed by atoms with Crippen LogP contribution in [0.25, 0.3) is 16.9 Å². The Morgan fingerprint density at radius 1 is 1.17 bits per heavy atom. The summed E-state index contributed by atoms with van der Waals surface area (Å²) < 4.78 is 10.2. The molecule has 0 saturated carbocycles. The van der Waals surface area contributed by atoms with E-state index >= 15 is 0 Å². The van der Waals surface area contributed by atoms with Gasteiger partial charge in [-0.25, -0.2) is 19.0 Å². The fourth-order valence-corrected chi connectivity index (χ4v) is 5.86. The van der Waals surface area contributed by atoms with Gasteiger partial charge in [-0.05, 0) is 58.0 Å². The van der Waals surface area contributed by atoms with Crippen molar-refractivity contribution in [2.24, 2.45) is 5.41 Å². The predicted octanol–water partition coefficient (Wildman–Crippen LogP) is 2.85. The first-order chi connectivity index (χ1) is 19.8. The van der Waals surface area contributed by atoms with Crippen molar-refractivity contribution in [1.82, 2.24) is 34.4 Å². The third-order valence-electron chi connectivity index (χ3n) is 7.99. The Bertz CT molecular complexity index is 1720. The van der Waals surface area contributed by atoms with E-state index in [1.165, 1.54) is 34.5 Å². The van der Waals surface area contributed by atoms with E-state index in [9.17, 15) is 9.59 Å². The number of hydrogen-bond donors (Lipinski definition) is 2. The van der Waals surface area contributed by atoms with Crippen LogP contribution in [0.1, 0.15) is 32.7 Å². The third kappa shape index (κ3) is 4.77. The van der Waals surface area contributed by atoms with E-state index in [-0.39, 0.29) is 23.7 Å². The molecule has 0 aliphatic carbocycles. The van der Waals surface area contributed by atoms with Crippen molar-refractivity contribution in [1.29, 1.82) is 0 Å². The zero-order valence-electron chi connectivity index (χ0n) is 23.6. The molecule has 3 aromatic heterocycles. The van der Waals surface area contributed by atoms with Crippen molar-refractivity contribution in [3.63, 3.8) is 0 Å². The second-order valence-electron chi connectivity index (χ2n) is 11.1. The quantitative estimate of drug-likeness (QED) is 0.315. The van der Waals surface area contributed by atoms with E-state index in [1.807, 2.05) is 26.0 Å². The predicted molar refractivity (Wildman–Crippen MR) is 159 cm³/mol. The Morgan fingerprint density at radius 2 is 1.95 bits per heavy atom. The number of anilines is 3. The maximum Gasteiger partial charge on any atom is 0.278 e. The van der Waals surface area contributed by atoms with Crippen molar-refractivity contribution >= 4 is 28.4 Å². The second kappa shape index (κ2) is 10.5. The molecule has 4 aromatic rings. The van der Waals surface area contributed by atoms with Gasteiger partial charge in [-0.3, -0.25) is 9.59 Å². The summed E-state index contributed by atoms with van der Waals surface area (Å²) in [4.78, 5) is 37.1. The van der Waals surface area contributed by atoms with Gasteiger partial charge in [0.15, 0.2) is 11.5 Å². The second-order valence-corrected chi connectivity index (χ2v) is 11.1. The molecule has 12 nitrogen and oxygen atoms in total. The first-order valence-corrected chi connectivity index (χ1v) is 13.9. The topological polar surface area (TPSA) is 124 Å². The first-order valence-electron chi connectivity index (χ1n) is 13.9. The maximum absolute atomic E-state index is 13.3. The molecule has 2 fully saturated rings. The summed E-state index contributed by atoms with van der Waals surface area (Å²) >= 11 is 0. The summed E-state index contributed by atoms with van der Waals surface area (Å²) in [5.74, 6) is 1.48. The molecule has 1 spiro atoms. The monoisotopic (exact) mass is 557 g/mol. The van der Waals surface area contributed by atoms with E-state index in [4.69, 9.17) is 9.72 Å². The van der Waals surface area contributed by atoms with Gasteiger partial charge in [-0.2, -0.15) is 4.98 Å². The molecular formula is C29H35N9O3. The average Bonchev–Trinajstić information content (AvgIpc) is 3.23. The lowest BCUT2D eigenvalue weighted by molar-refractivity contribution is 0.149. The highest BCUT2D eigenvalue weighted by molar-refractivity contribution is 5.77. The van der Waals surface area contributed by atoms with Gasteiger partial charge in [-0.15, -0.1) is 11.7 Å². The summed E-state index contributed by atoms with van der Waals surface area (Å²) in [7, 11) is 1.68. The van der Waals surface area contributed by atoms with Gasteiger partial charge >= 0.3 is 0 Å². The Balaban J connectivity index is 1.33. The van der Waals surface area contributed by atoms with Crippen molar-refractivity contribution < 1.29 is 4.74 Å². The standard InChI is InChI=1S/C29H35N9O3/c1-5-14-36-27(40)21-16-31-28(33-26(21)38(36)24-8-9-25(39)37(34-24)19(2)3)32-20-6-7-22(23(15-20)41-4)35-17-29(18-35)10-12-30-13-11-29/h5-9,15-16,19,30H,1,10-14,17-18H2,2-4H3,(H,31,32,33). The summed E-state index contributed by atoms with van der Waals surface area (Å²) in [6.07, 6.45) is 5.55. The van der Waals surface area contributed by atoms with E-state index in [1.54, 1.807) is 23.9 Å². The third-order valence-corrected chi connectivity index (χ3v) is 7.99. The number of hydrogen-bond acceptors (Lipinski definition) is 9. The largest absolute Gasteiger partial charge is 0.495 e. The highest BCUT2D eigenvalue weighted by Crippen LogP contribution is 2.44. The highest BCUT2D eigenvalue weighted by Gasteiger charge is 2.44. The lowest BCUT2D eigenvalue weighted by Gasteiger charge is -2.53. The molecular weight excluding hydrogens is 522 g/mol. The molecule has 0 bridgehead atoms. The van der Waals surface area contributed by atoms with Crippen LogP contribution in [0.15, 0.2) is 58.8 Å². The van der Waals surface area contributed by atoms with Crippen LogP contribution in [-0.2, 0) is 6.54 Å². The normalized spacial score (nSPS) is 16.2. The van der Waals surface area contributed by atoms with Gasteiger partial charge in [-0.1, -0.05) is 6.08 Å². The number of benzene rings is 1. The molecule has 6 rings (SSSR count). The zero-order chi connectivity index (χ0) is 28.7. The molecule has 1 aromatic carbocycles. The Labute approximate surface area is 237 Å². The number of methoxy groups -OCH3 is 1. The van der Waals surface area contributed by atoms with Crippen LogP contribution >= 0.6 is 0 Å². The molecule has 0 radical (unpaired) electrons. The molecule has 214 valence electrons. The average molecular weight is 558 g/mol. The molecule has 0 unspecified atom stereocenters. The van der Waals surface area contributed by atoms with Crippen LogP contribution in [0.3, 0.4) is 0 Å². The summed E-state index contributed by atoms with van der Waals surface area (Å²) in [6, 6.07) is 8.85. The fourth-order valence-electron chi connectivity index (χ4n) is 5.86. The fraction of sp³-hybridized carbons (Fsp3) is 0.414. The van der Waals surface area contributed by atoms with Gasteiger partial charge in [0.25, 0.3) is 11.1 Å². The number of piperidine rings is 1. The molecule has 0 atom stereocenters. The molecule has 2 N–H and O–H groups in total. The molecule has 12 heteroatoms. The molecule has 5 heterocycles. The smallest absolute Gasteiger partial charge is 0.278 e. The van der Waals surface area contributed by atoms with E-state index < -0.39 is 0 Å². The van der Waals surface area contributed by atoms with Crippen molar-refractivity contribution in [3.8, 4) is 11.6 Å². The zero-order valence-corrected chi connectivity index (χ0v) is 23.6. The van der Waals surface area contributed by atoms with Crippen molar-refractivity contribution in [3.05, 3.63) is 69.9 Å². The molecule has 41 heavy (non-hydrogen) atoms. The lowest BCUT2D eigenvalue weighted by atomic mass is 9.72. The van der Waals surface area contributed by atoms with Crippen LogP contribution in [0.5, 0.6) is 5.75 Å². The first kappa shape index (κ1) is 26.8. The van der Waals surface area contributed by atoms with Gasteiger partial charge in [0, 0.05) is 42.5 Å². The minimum absolute atomic E-state index is 0.157.